The molecule has 0 spiro atoms. The average Bonchev–Trinajstić information content (AvgIpc) is 2.65. The van der Waals surface area contributed by atoms with Crippen LogP contribution in [0.25, 0.3) is 0 Å². The Labute approximate surface area is 125 Å². The average molecular weight is 290 g/mol. The SMILES string of the molecule is Cc1ccc(NC(=O)N2CCCCCC2C)c(C(=O)O)c1. The maximum Gasteiger partial charge on any atom is 0.337 e. The van der Waals surface area contributed by atoms with Gasteiger partial charge >= 0.3 is 12.0 Å². The van der Waals surface area contributed by atoms with Gasteiger partial charge in [0.25, 0.3) is 0 Å². The molecule has 1 aliphatic heterocycles. The van der Waals surface area contributed by atoms with Gasteiger partial charge < -0.3 is 15.3 Å². The van der Waals surface area contributed by atoms with Gasteiger partial charge in [0.05, 0.1) is 11.3 Å². The molecule has 0 aliphatic carbocycles. The number of carboxylic acids is 1. The van der Waals surface area contributed by atoms with Crippen LogP contribution >= 0.6 is 0 Å². The largest absolute Gasteiger partial charge is 0.478 e. The Morgan fingerprint density at radius 2 is 2.05 bits per heavy atom. The predicted molar refractivity (Wildman–Crippen MR) is 81.8 cm³/mol. The Kier molecular flexibility index (Phi) is 4.83. The Hall–Kier alpha value is -2.04. The molecule has 5 nitrogen and oxygen atoms in total. The fraction of sp³-hybridized carbons (Fsp3) is 0.500. The molecule has 1 heterocycles. The van der Waals surface area contributed by atoms with Crippen molar-refractivity contribution in [2.75, 3.05) is 11.9 Å². The van der Waals surface area contributed by atoms with Gasteiger partial charge in [-0.05, 0) is 38.8 Å². The summed E-state index contributed by atoms with van der Waals surface area (Å²) >= 11 is 0. The first-order valence-electron chi connectivity index (χ1n) is 7.40. The van der Waals surface area contributed by atoms with E-state index in [0.717, 1.165) is 37.8 Å². The van der Waals surface area contributed by atoms with E-state index >= 15 is 0 Å². The van der Waals surface area contributed by atoms with E-state index < -0.39 is 5.97 Å². The molecule has 1 fully saturated rings. The number of likely N-dealkylation sites (tertiary alicyclic amines) is 1. The summed E-state index contributed by atoms with van der Waals surface area (Å²) in [5, 5.41) is 12.0. The van der Waals surface area contributed by atoms with E-state index in [1.54, 1.807) is 23.1 Å². The lowest BCUT2D eigenvalue weighted by Crippen LogP contribution is -2.41. The molecule has 0 radical (unpaired) electrons. The van der Waals surface area contributed by atoms with Crippen LogP contribution in [0.3, 0.4) is 0 Å². The minimum atomic E-state index is -1.03. The van der Waals surface area contributed by atoms with Gasteiger partial charge in [-0.1, -0.05) is 24.5 Å². The van der Waals surface area contributed by atoms with Gasteiger partial charge in [-0.3, -0.25) is 0 Å². The molecule has 1 saturated heterocycles. The van der Waals surface area contributed by atoms with Crippen LogP contribution in [-0.4, -0.2) is 34.6 Å². The number of rotatable bonds is 2. The Bertz CT molecular complexity index is 542. The molecule has 0 bridgehead atoms. The Morgan fingerprint density at radius 3 is 2.76 bits per heavy atom. The van der Waals surface area contributed by atoms with Crippen molar-refractivity contribution in [1.29, 1.82) is 0 Å². The number of aryl methyl sites for hydroxylation is 1. The van der Waals surface area contributed by atoms with Crippen LogP contribution in [0.5, 0.6) is 0 Å². The summed E-state index contributed by atoms with van der Waals surface area (Å²) in [5.74, 6) is -1.03. The second kappa shape index (κ2) is 6.61. The minimum absolute atomic E-state index is 0.130. The van der Waals surface area contributed by atoms with Crippen LogP contribution in [0.4, 0.5) is 10.5 Å². The van der Waals surface area contributed by atoms with Gasteiger partial charge in [-0.2, -0.15) is 0 Å². The van der Waals surface area contributed by atoms with Crippen LogP contribution in [0.15, 0.2) is 18.2 Å². The maximum absolute atomic E-state index is 12.4. The van der Waals surface area contributed by atoms with Crippen molar-refractivity contribution < 1.29 is 14.7 Å². The van der Waals surface area contributed by atoms with Crippen LogP contribution in [0.2, 0.25) is 0 Å². The summed E-state index contributed by atoms with van der Waals surface area (Å²) < 4.78 is 0. The smallest absolute Gasteiger partial charge is 0.337 e. The highest BCUT2D eigenvalue weighted by Crippen LogP contribution is 2.21. The van der Waals surface area contributed by atoms with Crippen LogP contribution in [0.1, 0.15) is 48.5 Å². The molecule has 2 amide bonds. The zero-order chi connectivity index (χ0) is 15.4. The van der Waals surface area contributed by atoms with Crippen molar-refractivity contribution in [3.63, 3.8) is 0 Å². The summed E-state index contributed by atoms with van der Waals surface area (Å²) in [5.41, 5.74) is 1.34. The Balaban J connectivity index is 2.17. The standard InChI is InChI=1S/C16H22N2O3/c1-11-7-8-14(13(10-11)15(19)20)17-16(21)18-9-5-3-4-6-12(18)2/h7-8,10,12H,3-6,9H2,1-2H3,(H,17,21)(H,19,20). The highest BCUT2D eigenvalue weighted by Gasteiger charge is 2.23. The van der Waals surface area contributed by atoms with Gasteiger partial charge in [0.15, 0.2) is 0 Å². The molecular weight excluding hydrogens is 268 g/mol. The van der Waals surface area contributed by atoms with E-state index in [0.29, 0.717) is 5.69 Å². The zero-order valence-electron chi connectivity index (χ0n) is 12.6. The molecule has 2 rings (SSSR count). The van der Waals surface area contributed by atoms with Crippen molar-refractivity contribution in [3.05, 3.63) is 29.3 Å². The fourth-order valence-electron chi connectivity index (χ4n) is 2.71. The third-order valence-corrected chi connectivity index (χ3v) is 3.96. The zero-order valence-corrected chi connectivity index (χ0v) is 12.6. The van der Waals surface area contributed by atoms with E-state index in [2.05, 4.69) is 5.32 Å². The van der Waals surface area contributed by atoms with Crippen molar-refractivity contribution in [2.24, 2.45) is 0 Å². The van der Waals surface area contributed by atoms with Crippen molar-refractivity contribution in [3.8, 4) is 0 Å². The topological polar surface area (TPSA) is 69.6 Å². The van der Waals surface area contributed by atoms with Gasteiger partial charge in [-0.15, -0.1) is 0 Å². The highest BCUT2D eigenvalue weighted by atomic mass is 16.4. The molecule has 1 atom stereocenters. The summed E-state index contributed by atoms with van der Waals surface area (Å²) in [7, 11) is 0. The second-order valence-corrected chi connectivity index (χ2v) is 5.68. The first-order valence-corrected chi connectivity index (χ1v) is 7.40. The van der Waals surface area contributed by atoms with Crippen molar-refractivity contribution in [1.82, 2.24) is 4.90 Å². The van der Waals surface area contributed by atoms with Crippen LogP contribution in [0, 0.1) is 6.92 Å². The predicted octanol–water partition coefficient (Wildman–Crippen LogP) is 3.49. The van der Waals surface area contributed by atoms with Gasteiger partial charge in [0, 0.05) is 12.6 Å². The van der Waals surface area contributed by atoms with Crippen LogP contribution in [-0.2, 0) is 0 Å². The normalized spacial score (nSPS) is 19.0. The molecule has 0 aromatic heterocycles. The van der Waals surface area contributed by atoms with Crippen LogP contribution < -0.4 is 5.32 Å². The molecule has 114 valence electrons. The van der Waals surface area contributed by atoms with Crippen molar-refractivity contribution in [2.45, 2.75) is 45.6 Å². The summed E-state index contributed by atoms with van der Waals surface area (Å²) in [6, 6.07) is 5.00. The van der Waals surface area contributed by atoms with E-state index in [1.807, 2.05) is 13.8 Å². The number of nitrogens with one attached hydrogen (secondary N) is 1. The number of hydrogen-bond acceptors (Lipinski definition) is 2. The number of amides is 2. The quantitative estimate of drug-likeness (QED) is 0.876. The molecule has 1 aromatic rings. The summed E-state index contributed by atoms with van der Waals surface area (Å²) in [6.07, 6.45) is 4.26. The Morgan fingerprint density at radius 1 is 1.29 bits per heavy atom. The summed E-state index contributed by atoms with van der Waals surface area (Å²) in [6.45, 7) is 4.59. The number of hydrogen-bond donors (Lipinski definition) is 2. The first kappa shape index (κ1) is 15.4. The number of anilines is 1. The third-order valence-electron chi connectivity index (χ3n) is 3.96. The number of benzene rings is 1. The molecule has 1 unspecified atom stereocenters. The number of urea groups is 1. The molecule has 0 saturated carbocycles. The number of carbonyl (C=O) groups excluding carboxylic acids is 1. The molecule has 5 heteroatoms. The van der Waals surface area contributed by atoms with E-state index in [1.165, 1.54) is 0 Å². The highest BCUT2D eigenvalue weighted by molar-refractivity contribution is 6.00. The number of nitrogens with zero attached hydrogens (tertiary/aromatic N) is 1. The first-order chi connectivity index (χ1) is 9.99. The maximum atomic E-state index is 12.4. The lowest BCUT2D eigenvalue weighted by atomic mass is 10.1. The van der Waals surface area contributed by atoms with E-state index in [4.69, 9.17) is 0 Å². The number of aromatic carboxylic acids is 1. The molecule has 1 aromatic carbocycles. The molecule has 1 aliphatic rings. The minimum Gasteiger partial charge on any atom is -0.478 e. The summed E-state index contributed by atoms with van der Waals surface area (Å²) in [4.78, 5) is 25.5. The fourth-order valence-corrected chi connectivity index (χ4v) is 2.71. The number of carboxylic acid groups (broad SMARTS) is 1. The lowest BCUT2D eigenvalue weighted by Gasteiger charge is -2.27. The van der Waals surface area contributed by atoms with Gasteiger partial charge in [-0.25, -0.2) is 9.59 Å². The monoisotopic (exact) mass is 290 g/mol. The van der Waals surface area contributed by atoms with Gasteiger partial charge in [0.2, 0.25) is 0 Å². The van der Waals surface area contributed by atoms with Gasteiger partial charge in [0.1, 0.15) is 0 Å². The van der Waals surface area contributed by atoms with E-state index in [9.17, 15) is 14.7 Å². The number of carbonyl (C=O) groups is 2. The molecular formula is C16H22N2O3. The lowest BCUT2D eigenvalue weighted by molar-refractivity contribution is 0.0698. The molecule has 2 N–H and O–H groups in total. The van der Waals surface area contributed by atoms with Crippen molar-refractivity contribution >= 4 is 17.7 Å². The second-order valence-electron chi connectivity index (χ2n) is 5.68. The molecule has 21 heavy (non-hydrogen) atoms. The third kappa shape index (κ3) is 3.74. The van der Waals surface area contributed by atoms with E-state index in [-0.39, 0.29) is 17.6 Å².